The number of rotatable bonds is 6. The van der Waals surface area contributed by atoms with Crippen LogP contribution in [0, 0.1) is 0 Å². The van der Waals surface area contributed by atoms with Crippen molar-refractivity contribution in [1.29, 1.82) is 0 Å². The molecule has 1 N–H and O–H groups in total. The van der Waals surface area contributed by atoms with Gasteiger partial charge < -0.3 is 19.6 Å². The molecular weight excluding hydrogens is 352 g/mol. The maximum atomic E-state index is 12.3. The van der Waals surface area contributed by atoms with Crippen molar-refractivity contribution in [2.45, 2.75) is 38.8 Å². The monoisotopic (exact) mass is 374 g/mol. The molecule has 0 atom stereocenters. The highest BCUT2D eigenvalue weighted by atomic mass is 16.5. The van der Waals surface area contributed by atoms with E-state index in [1.807, 2.05) is 0 Å². The molecule has 1 aromatic carbocycles. The number of aromatic carboxylic acids is 1. The largest absolute Gasteiger partial charge is 0.478 e. The normalized spacial score (nSPS) is 16.9. The highest BCUT2D eigenvalue weighted by Crippen LogP contribution is 2.25. The topological polar surface area (TPSA) is 104 Å². The van der Waals surface area contributed by atoms with Crippen LogP contribution in [-0.4, -0.2) is 58.9 Å². The molecule has 0 bridgehead atoms. The molecule has 8 heteroatoms. The summed E-state index contributed by atoms with van der Waals surface area (Å²) in [6.45, 7) is 1.61. The van der Waals surface area contributed by atoms with Gasteiger partial charge in [-0.25, -0.2) is 9.59 Å². The molecule has 1 aromatic rings. The van der Waals surface area contributed by atoms with Crippen LogP contribution in [0.25, 0.3) is 0 Å². The molecule has 0 aliphatic carbocycles. The molecule has 2 amide bonds. The zero-order valence-corrected chi connectivity index (χ0v) is 15.2. The fourth-order valence-corrected chi connectivity index (χ4v) is 3.66. The summed E-state index contributed by atoms with van der Waals surface area (Å²) >= 11 is 0. The molecule has 0 aromatic heterocycles. The second-order valence-electron chi connectivity index (χ2n) is 6.81. The Morgan fingerprint density at radius 1 is 1.04 bits per heavy atom. The van der Waals surface area contributed by atoms with E-state index in [2.05, 4.69) is 0 Å². The van der Waals surface area contributed by atoms with Crippen LogP contribution >= 0.6 is 0 Å². The average molecular weight is 374 g/mol. The number of benzene rings is 1. The number of carbonyl (C=O) groups is 4. The third kappa shape index (κ3) is 3.94. The summed E-state index contributed by atoms with van der Waals surface area (Å²) < 4.78 is 4.78. The fraction of sp³-hybridized carbons (Fsp3) is 0.474. The number of likely N-dealkylation sites (tertiary alicyclic amines) is 2. The van der Waals surface area contributed by atoms with E-state index in [0.29, 0.717) is 37.1 Å². The SMILES string of the molecule is COC(=O)c1c(CN2CCCC2=O)cc(CN2CCCC2=O)cc1C(=O)O. The first-order valence-electron chi connectivity index (χ1n) is 8.93. The quantitative estimate of drug-likeness (QED) is 0.755. The van der Waals surface area contributed by atoms with Crippen molar-refractivity contribution in [2.75, 3.05) is 20.2 Å². The van der Waals surface area contributed by atoms with Crippen LogP contribution in [0.5, 0.6) is 0 Å². The Kier molecular flexibility index (Phi) is 5.43. The number of hydrogen-bond acceptors (Lipinski definition) is 5. The highest BCUT2D eigenvalue weighted by Gasteiger charge is 2.28. The van der Waals surface area contributed by atoms with E-state index in [0.717, 1.165) is 12.8 Å². The van der Waals surface area contributed by atoms with Crippen LogP contribution < -0.4 is 0 Å². The Bertz CT molecular complexity index is 804. The zero-order valence-electron chi connectivity index (χ0n) is 15.2. The molecule has 0 spiro atoms. The summed E-state index contributed by atoms with van der Waals surface area (Å²) in [5.74, 6) is -2.00. The number of carboxylic acids is 1. The van der Waals surface area contributed by atoms with Gasteiger partial charge in [0.1, 0.15) is 0 Å². The minimum atomic E-state index is -1.25. The lowest BCUT2D eigenvalue weighted by Crippen LogP contribution is -2.27. The van der Waals surface area contributed by atoms with Crippen molar-refractivity contribution < 1.29 is 29.0 Å². The lowest BCUT2D eigenvalue weighted by molar-refractivity contribution is -0.128. The molecule has 2 fully saturated rings. The molecule has 0 radical (unpaired) electrons. The van der Waals surface area contributed by atoms with Crippen molar-refractivity contribution in [3.63, 3.8) is 0 Å². The average Bonchev–Trinajstić information content (AvgIpc) is 3.22. The van der Waals surface area contributed by atoms with Crippen LogP contribution in [0.4, 0.5) is 0 Å². The summed E-state index contributed by atoms with van der Waals surface area (Å²) in [6.07, 6.45) is 2.45. The molecule has 0 saturated carbocycles. The van der Waals surface area contributed by atoms with Crippen molar-refractivity contribution in [1.82, 2.24) is 9.80 Å². The number of carboxylic acid groups (broad SMARTS) is 1. The third-order valence-electron chi connectivity index (χ3n) is 4.98. The Morgan fingerprint density at radius 2 is 1.63 bits per heavy atom. The summed E-state index contributed by atoms with van der Waals surface area (Å²) in [7, 11) is 1.19. The minimum Gasteiger partial charge on any atom is -0.478 e. The van der Waals surface area contributed by atoms with Gasteiger partial charge in [-0.1, -0.05) is 6.07 Å². The predicted octanol–water partition coefficient (Wildman–Crippen LogP) is 1.42. The van der Waals surface area contributed by atoms with Gasteiger partial charge in [-0.15, -0.1) is 0 Å². The summed E-state index contributed by atoms with van der Waals surface area (Å²) in [4.78, 5) is 51.2. The van der Waals surface area contributed by atoms with Crippen LogP contribution in [0.3, 0.4) is 0 Å². The van der Waals surface area contributed by atoms with Gasteiger partial charge >= 0.3 is 11.9 Å². The Labute approximate surface area is 156 Å². The first-order valence-corrected chi connectivity index (χ1v) is 8.93. The molecular formula is C19H22N2O6. The van der Waals surface area contributed by atoms with Gasteiger partial charge in [-0.2, -0.15) is 0 Å². The second kappa shape index (κ2) is 7.77. The highest BCUT2D eigenvalue weighted by molar-refractivity contribution is 6.03. The number of ether oxygens (including phenoxy) is 1. The van der Waals surface area contributed by atoms with Gasteiger partial charge in [0.2, 0.25) is 11.8 Å². The van der Waals surface area contributed by atoms with E-state index in [9.17, 15) is 24.3 Å². The van der Waals surface area contributed by atoms with Crippen LogP contribution in [0.1, 0.15) is 57.5 Å². The van der Waals surface area contributed by atoms with E-state index in [4.69, 9.17) is 4.74 Å². The van der Waals surface area contributed by atoms with Crippen LogP contribution in [0.2, 0.25) is 0 Å². The lowest BCUT2D eigenvalue weighted by atomic mass is 9.96. The number of methoxy groups -OCH3 is 1. The smallest absolute Gasteiger partial charge is 0.339 e. The molecule has 2 saturated heterocycles. The van der Waals surface area contributed by atoms with Crippen LogP contribution in [0.15, 0.2) is 12.1 Å². The maximum Gasteiger partial charge on any atom is 0.339 e. The number of hydrogen-bond donors (Lipinski definition) is 1. The fourth-order valence-electron chi connectivity index (χ4n) is 3.66. The summed E-state index contributed by atoms with van der Waals surface area (Å²) in [5, 5.41) is 9.62. The molecule has 2 heterocycles. The molecule has 2 aliphatic heterocycles. The van der Waals surface area contributed by atoms with Gasteiger partial charge in [0.05, 0.1) is 18.2 Å². The number of carbonyl (C=O) groups excluding carboxylic acids is 3. The van der Waals surface area contributed by atoms with Gasteiger partial charge in [0.15, 0.2) is 0 Å². The molecule has 2 aliphatic rings. The van der Waals surface area contributed by atoms with Crippen molar-refractivity contribution in [2.24, 2.45) is 0 Å². The van der Waals surface area contributed by atoms with Gasteiger partial charge in [-0.3, -0.25) is 9.59 Å². The second-order valence-corrected chi connectivity index (χ2v) is 6.81. The molecule has 144 valence electrons. The zero-order chi connectivity index (χ0) is 19.6. The van der Waals surface area contributed by atoms with Gasteiger partial charge in [0, 0.05) is 39.0 Å². The van der Waals surface area contributed by atoms with E-state index in [-0.39, 0.29) is 36.0 Å². The Morgan fingerprint density at radius 3 is 2.11 bits per heavy atom. The standard InChI is InChI=1S/C19H22N2O6/c1-27-19(26)17-13(11-21-7-3-5-16(21)23)8-12(9-14(17)18(24)25)10-20-6-2-4-15(20)22/h8-9H,2-7,10-11H2,1H3,(H,24,25). The van der Waals surface area contributed by atoms with E-state index >= 15 is 0 Å². The summed E-state index contributed by atoms with van der Waals surface area (Å²) in [5.41, 5.74) is 0.837. The minimum absolute atomic E-state index is 0.0252. The predicted molar refractivity (Wildman–Crippen MR) is 94.0 cm³/mol. The van der Waals surface area contributed by atoms with Gasteiger partial charge in [-0.05, 0) is 30.0 Å². The number of nitrogens with zero attached hydrogens (tertiary/aromatic N) is 2. The van der Waals surface area contributed by atoms with E-state index in [1.165, 1.54) is 13.2 Å². The van der Waals surface area contributed by atoms with Crippen LogP contribution in [-0.2, 0) is 27.4 Å². The first kappa shape index (κ1) is 18.9. The van der Waals surface area contributed by atoms with Crippen molar-refractivity contribution >= 4 is 23.8 Å². The van der Waals surface area contributed by atoms with Crippen molar-refractivity contribution in [3.8, 4) is 0 Å². The first-order chi connectivity index (χ1) is 12.9. The Balaban J connectivity index is 2.02. The van der Waals surface area contributed by atoms with Gasteiger partial charge in [0.25, 0.3) is 0 Å². The molecule has 8 nitrogen and oxygen atoms in total. The number of amides is 2. The lowest BCUT2D eigenvalue weighted by Gasteiger charge is -2.21. The molecule has 3 rings (SSSR count). The summed E-state index contributed by atoms with van der Waals surface area (Å²) in [6, 6.07) is 3.12. The third-order valence-corrected chi connectivity index (χ3v) is 4.98. The van der Waals surface area contributed by atoms with E-state index < -0.39 is 11.9 Å². The van der Waals surface area contributed by atoms with E-state index in [1.54, 1.807) is 15.9 Å². The molecule has 0 unspecified atom stereocenters. The Hall–Kier alpha value is -2.90. The molecule has 27 heavy (non-hydrogen) atoms. The number of esters is 1. The van der Waals surface area contributed by atoms with Crippen molar-refractivity contribution in [3.05, 3.63) is 34.4 Å². The maximum absolute atomic E-state index is 12.3.